The number of phenols is 1. The van der Waals surface area contributed by atoms with E-state index in [4.69, 9.17) is 95.0 Å². The zero-order chi connectivity index (χ0) is 61.5. The van der Waals surface area contributed by atoms with Crippen molar-refractivity contribution in [2.45, 2.75) is 25.7 Å². The van der Waals surface area contributed by atoms with E-state index in [1.54, 1.807) is 38.1 Å². The van der Waals surface area contributed by atoms with Crippen LogP contribution in [0.15, 0.2) is 187 Å². The highest BCUT2D eigenvalue weighted by Gasteiger charge is 2.18. The molecule has 11 aromatic rings. The Bertz CT molecular complexity index is 3970. The molecule has 0 saturated heterocycles. The number of phenolic OH excluding ortho intramolecular Hbond substituents is 1. The van der Waals surface area contributed by atoms with Gasteiger partial charge in [0.2, 0.25) is 0 Å². The molecular weight excluding hydrogens is 1070 g/mol. The van der Waals surface area contributed by atoms with Gasteiger partial charge in [0.1, 0.15) is 10.5 Å². The van der Waals surface area contributed by atoms with E-state index in [-0.39, 0.29) is 34.1 Å². The van der Waals surface area contributed by atoms with Gasteiger partial charge in [-0.3, -0.25) is 4.55 Å². The molecule has 0 aromatic heterocycles. The second-order valence-electron chi connectivity index (χ2n) is 18.9. The van der Waals surface area contributed by atoms with E-state index < -0.39 is 21.0 Å². The number of carboxylic acids is 1. The molecule has 0 atom stereocenters. The molecule has 11 rings (SSSR count). The minimum Gasteiger partial charge on any atom is -0.504 e. The zero-order valence-corrected chi connectivity index (χ0v) is 46.7. The number of carbonyl (C=O) groups is 1. The number of fused-ring (bicyclic) bond motifs is 4. The number of nitrogens with two attached hydrogens (primary N) is 14. The van der Waals surface area contributed by atoms with Crippen LogP contribution < -0.4 is 80.3 Å². The molecule has 20 nitrogen and oxygen atoms in total. The van der Waals surface area contributed by atoms with Gasteiger partial charge in [0, 0.05) is 72.4 Å². The summed E-state index contributed by atoms with van der Waals surface area (Å²) in [6, 6.07) is 55.8. The molecule has 0 bridgehead atoms. The lowest BCUT2D eigenvalue weighted by atomic mass is 10.1. The van der Waals surface area contributed by atoms with Gasteiger partial charge in [-0.15, -0.1) is 0 Å². The highest BCUT2D eigenvalue weighted by Crippen LogP contribution is 2.31. The van der Waals surface area contributed by atoms with Gasteiger partial charge < -0.3 is 90.5 Å². The van der Waals surface area contributed by atoms with Crippen molar-refractivity contribution >= 4 is 139 Å². The Kier molecular flexibility index (Phi) is 20.9. The monoisotopic (exact) mass is 1140 g/mol. The van der Waals surface area contributed by atoms with Crippen LogP contribution in [0.5, 0.6) is 5.75 Å². The molecular formula is C62H70N14O6S. The van der Waals surface area contributed by atoms with E-state index in [1.807, 2.05) is 153 Å². The van der Waals surface area contributed by atoms with Crippen molar-refractivity contribution in [1.82, 2.24) is 0 Å². The van der Waals surface area contributed by atoms with Crippen molar-refractivity contribution in [2.24, 2.45) is 0 Å². The van der Waals surface area contributed by atoms with Gasteiger partial charge in [-0.05, 0) is 139 Å². The number of rotatable bonds is 2. The summed E-state index contributed by atoms with van der Waals surface area (Å²) in [6.07, 6.45) is 0. The summed E-state index contributed by atoms with van der Waals surface area (Å²) in [4.78, 5) is 10.2. The quantitative estimate of drug-likeness (QED) is 0.0434. The summed E-state index contributed by atoms with van der Waals surface area (Å²) < 4.78 is 30.3. The zero-order valence-electron chi connectivity index (χ0n) is 45.9. The number of benzene rings is 11. The standard InChI is InChI=1S/4C10H10N2.C8H10N2O2.C7H10N2O3S.C7H10N2O/c11-9-5-1-3-7-8(9)4-2-6-10(7)12;11-8-5-1-3-7-4-2-6-9(12)10(7)8;11-9-5-7-3-1-2-4-8(7)6-10(9)12;11-9-5-6-10(12)8-4-2-1-3-7(8)9;1-4-2-5(9)7(8(11)12)6(10)3-4;1-4-2-5(8)7(6(9)3-4)13(10,11)12;1-4-2-5(8)7(10)6(9)3-4/h4*1-6H,11-12H2;2-3H,9-10H2,1H3,(H,11,12);2-3H,8-9H2,1H3,(H,10,11,12);2-3,10H,8-9H2,1H3. The number of aromatic carboxylic acids is 1. The van der Waals surface area contributed by atoms with E-state index in [1.165, 1.54) is 12.1 Å². The van der Waals surface area contributed by atoms with Gasteiger partial charge in [0.05, 0.1) is 34.1 Å². The Morgan fingerprint density at radius 3 is 0.976 bits per heavy atom. The number of anilines is 14. The van der Waals surface area contributed by atoms with Crippen molar-refractivity contribution in [3.63, 3.8) is 0 Å². The minimum absolute atomic E-state index is 0.0133. The lowest BCUT2D eigenvalue weighted by Crippen LogP contribution is -2.07. The molecule has 0 fully saturated rings. The molecule has 0 saturated carbocycles. The molecule has 31 N–H and O–H groups in total. The van der Waals surface area contributed by atoms with Crippen molar-refractivity contribution in [2.75, 3.05) is 80.3 Å². The molecule has 0 spiro atoms. The second-order valence-corrected chi connectivity index (χ2v) is 20.2. The Morgan fingerprint density at radius 1 is 0.337 bits per heavy atom. The molecule has 0 heterocycles. The van der Waals surface area contributed by atoms with Gasteiger partial charge >= 0.3 is 5.97 Å². The molecule has 0 aliphatic heterocycles. The molecule has 0 unspecified atom stereocenters. The number of carboxylic acid groups (broad SMARTS) is 1. The molecule has 83 heavy (non-hydrogen) atoms. The van der Waals surface area contributed by atoms with Gasteiger partial charge in [-0.2, -0.15) is 8.42 Å². The van der Waals surface area contributed by atoms with Gasteiger partial charge in [0.15, 0.2) is 5.75 Å². The third kappa shape index (κ3) is 16.7. The average molecular weight is 1140 g/mol. The van der Waals surface area contributed by atoms with E-state index in [2.05, 4.69) is 0 Å². The highest BCUT2D eigenvalue weighted by molar-refractivity contribution is 7.86. The number of hydrogen-bond acceptors (Lipinski definition) is 18. The van der Waals surface area contributed by atoms with Crippen molar-refractivity contribution in [3.05, 3.63) is 204 Å². The Hall–Kier alpha value is -11.2. The van der Waals surface area contributed by atoms with Crippen LogP contribution in [-0.2, 0) is 10.1 Å². The van der Waals surface area contributed by atoms with Crippen molar-refractivity contribution in [3.8, 4) is 5.75 Å². The Morgan fingerprint density at radius 2 is 0.627 bits per heavy atom. The first-order valence-corrected chi connectivity index (χ1v) is 26.5. The molecule has 0 aliphatic rings. The largest absolute Gasteiger partial charge is 0.504 e. The molecule has 11 aromatic carbocycles. The van der Waals surface area contributed by atoms with Gasteiger partial charge in [-0.1, -0.05) is 97.1 Å². The van der Waals surface area contributed by atoms with E-state index in [0.717, 1.165) is 93.9 Å². The predicted octanol–water partition coefficient (Wildman–Crippen LogP) is 10.1. The summed E-state index contributed by atoms with van der Waals surface area (Å²) >= 11 is 0. The first kappa shape index (κ1) is 62.7. The normalized spacial score (nSPS) is 10.4. The fourth-order valence-corrected chi connectivity index (χ4v) is 9.15. The van der Waals surface area contributed by atoms with Crippen LogP contribution in [0.2, 0.25) is 0 Å². The Labute approximate surface area is 480 Å². The van der Waals surface area contributed by atoms with Gasteiger partial charge in [-0.25, -0.2) is 4.79 Å². The van der Waals surface area contributed by atoms with Crippen LogP contribution >= 0.6 is 0 Å². The summed E-state index contributed by atoms with van der Waals surface area (Å²) in [5.74, 6) is -1.12. The lowest BCUT2D eigenvalue weighted by molar-refractivity contribution is 0.0699. The van der Waals surface area contributed by atoms with Crippen molar-refractivity contribution in [1.29, 1.82) is 0 Å². The van der Waals surface area contributed by atoms with Crippen LogP contribution in [0.3, 0.4) is 0 Å². The molecule has 0 aliphatic carbocycles. The van der Waals surface area contributed by atoms with E-state index in [9.17, 15) is 13.2 Å². The first-order chi connectivity index (χ1) is 39.1. The minimum atomic E-state index is -4.33. The summed E-state index contributed by atoms with van der Waals surface area (Å²) in [7, 11) is -4.33. The number of aryl methyl sites for hydroxylation is 3. The third-order valence-electron chi connectivity index (χ3n) is 12.3. The maximum atomic E-state index is 10.8. The van der Waals surface area contributed by atoms with Crippen LogP contribution in [0, 0.1) is 20.8 Å². The molecule has 21 heteroatoms. The summed E-state index contributed by atoms with van der Waals surface area (Å²) in [5, 5.41) is 26.2. The van der Waals surface area contributed by atoms with Crippen molar-refractivity contribution < 1.29 is 28.0 Å². The van der Waals surface area contributed by atoms with Gasteiger partial charge in [0.25, 0.3) is 10.1 Å². The molecule has 0 amide bonds. The Balaban J connectivity index is 0.000000177. The topological polar surface area (TPSA) is 476 Å². The predicted molar refractivity (Wildman–Crippen MR) is 350 cm³/mol. The van der Waals surface area contributed by atoms with Crippen LogP contribution in [0.1, 0.15) is 27.0 Å². The maximum Gasteiger partial charge on any atom is 0.339 e. The first-order valence-electron chi connectivity index (χ1n) is 25.1. The maximum absolute atomic E-state index is 10.8. The number of nitrogen functional groups attached to an aromatic ring is 14. The average Bonchev–Trinajstić information content (AvgIpc) is 3.56. The summed E-state index contributed by atoms with van der Waals surface area (Å²) in [5.41, 5.74) is 87.9. The third-order valence-corrected chi connectivity index (χ3v) is 13.3. The fraction of sp³-hybridized carbons (Fsp3) is 0.0484. The highest BCUT2D eigenvalue weighted by atomic mass is 32.2. The molecule has 0 radical (unpaired) electrons. The van der Waals surface area contributed by atoms with Crippen LogP contribution in [0.4, 0.5) is 79.6 Å². The second kappa shape index (κ2) is 27.6. The molecule has 430 valence electrons. The fourth-order valence-electron chi connectivity index (χ4n) is 8.43. The SMILES string of the molecule is Cc1cc(N)c(C(=O)O)c(N)c1.Cc1cc(N)c(O)c(N)c1.Cc1cc(N)c(S(=O)(=O)O)c(N)c1.Nc1cc2ccccc2cc1N.Nc1ccc(N)c2ccccc12.Nc1cccc2c(N)cccc12.Nc1cccc2cccc(N)c12. The lowest BCUT2D eigenvalue weighted by Gasteiger charge is -2.06. The number of aromatic hydroxyl groups is 1. The smallest absolute Gasteiger partial charge is 0.339 e. The van der Waals surface area contributed by atoms with E-state index >= 15 is 0 Å². The summed E-state index contributed by atoms with van der Waals surface area (Å²) in [6.45, 7) is 5.39. The number of hydrogen-bond donors (Lipinski definition) is 17. The van der Waals surface area contributed by atoms with Crippen LogP contribution in [0.25, 0.3) is 43.1 Å². The van der Waals surface area contributed by atoms with E-state index in [0.29, 0.717) is 22.7 Å². The van der Waals surface area contributed by atoms with Crippen LogP contribution in [-0.4, -0.2) is 29.2 Å².